The Morgan fingerprint density at radius 1 is 0.840 bits per heavy atom. The molecule has 0 spiro atoms. The normalized spacial score (nSPS) is 22.7. The zero-order valence-corrected chi connectivity index (χ0v) is 14.0. The third-order valence-corrected chi connectivity index (χ3v) is 4.73. The van der Waals surface area contributed by atoms with Crippen molar-refractivity contribution in [2.75, 3.05) is 5.32 Å². The van der Waals surface area contributed by atoms with E-state index in [1.807, 2.05) is 0 Å². The van der Waals surface area contributed by atoms with Crippen LogP contribution in [0.4, 0.5) is 10.5 Å². The van der Waals surface area contributed by atoms with E-state index in [1.165, 1.54) is 0 Å². The molecule has 1 aromatic rings. The van der Waals surface area contributed by atoms with Crippen LogP contribution in [-0.4, -0.2) is 35.1 Å². The summed E-state index contributed by atoms with van der Waals surface area (Å²) in [7, 11) is 0. The number of benzene rings is 1. The van der Waals surface area contributed by atoms with Crippen LogP contribution in [0, 0.1) is 5.92 Å². The lowest BCUT2D eigenvalue weighted by molar-refractivity contribution is -0.142. The Balaban J connectivity index is 1.44. The summed E-state index contributed by atoms with van der Waals surface area (Å²) in [6, 6.07) is 6.77. The molecular weight excluding hydrogens is 322 g/mol. The number of carbonyl (C=O) groups excluding carboxylic acids is 2. The van der Waals surface area contributed by atoms with Crippen LogP contribution in [-0.2, 0) is 4.79 Å². The maximum atomic E-state index is 12.1. The number of hydrogen-bond donors (Lipinski definition) is 4. The van der Waals surface area contributed by atoms with E-state index >= 15 is 0 Å². The molecule has 7 heteroatoms. The highest BCUT2D eigenvalue weighted by Crippen LogP contribution is 2.24. The molecule has 2 aliphatic carbocycles. The summed E-state index contributed by atoms with van der Waals surface area (Å²) < 4.78 is 0. The highest BCUT2D eigenvalue weighted by atomic mass is 16.4. The maximum absolute atomic E-state index is 12.1. The molecule has 1 aromatic carbocycles. The molecule has 0 aromatic heterocycles. The SMILES string of the molecule is O=C(Nc1ccc(C(=O)NC2CC2)cc1)NC1CCC(C(=O)O)CC1. The van der Waals surface area contributed by atoms with E-state index < -0.39 is 5.97 Å². The van der Waals surface area contributed by atoms with Gasteiger partial charge in [0.2, 0.25) is 0 Å². The minimum Gasteiger partial charge on any atom is -0.481 e. The van der Waals surface area contributed by atoms with Crippen molar-refractivity contribution < 1.29 is 19.5 Å². The van der Waals surface area contributed by atoms with E-state index in [0.29, 0.717) is 43.0 Å². The third kappa shape index (κ3) is 4.95. The number of anilines is 1. The fourth-order valence-electron chi connectivity index (χ4n) is 3.04. The van der Waals surface area contributed by atoms with Gasteiger partial charge in [-0.1, -0.05) is 0 Å². The molecule has 0 radical (unpaired) electrons. The number of aliphatic carboxylic acids is 1. The van der Waals surface area contributed by atoms with Crippen LogP contribution < -0.4 is 16.0 Å². The minimum absolute atomic E-state index is 0.000747. The van der Waals surface area contributed by atoms with Crippen molar-refractivity contribution in [1.29, 1.82) is 0 Å². The Morgan fingerprint density at radius 3 is 1.96 bits per heavy atom. The third-order valence-electron chi connectivity index (χ3n) is 4.73. The molecular formula is C18H23N3O4. The predicted molar refractivity (Wildman–Crippen MR) is 92.5 cm³/mol. The van der Waals surface area contributed by atoms with Crippen LogP contribution in [0.25, 0.3) is 0 Å². The summed E-state index contributed by atoms with van der Waals surface area (Å²) in [4.78, 5) is 34.9. The van der Waals surface area contributed by atoms with Gasteiger partial charge in [-0.25, -0.2) is 4.79 Å². The molecule has 0 unspecified atom stereocenters. The standard InChI is InChI=1S/C18H23N3O4/c22-16(19-13-9-10-13)11-1-5-14(6-2-11)20-18(25)21-15-7-3-12(4-8-15)17(23)24/h1-2,5-6,12-13,15H,3-4,7-10H2,(H,19,22)(H,23,24)(H2,20,21,25). The molecule has 7 nitrogen and oxygen atoms in total. The number of carboxylic acids is 1. The zero-order valence-electron chi connectivity index (χ0n) is 14.0. The highest BCUT2D eigenvalue weighted by Gasteiger charge is 2.27. The molecule has 2 saturated carbocycles. The van der Waals surface area contributed by atoms with E-state index in [-0.39, 0.29) is 23.9 Å². The molecule has 0 aliphatic heterocycles. The summed E-state index contributed by atoms with van der Waals surface area (Å²) in [6.07, 6.45) is 4.60. The summed E-state index contributed by atoms with van der Waals surface area (Å²) in [5.41, 5.74) is 1.18. The number of urea groups is 1. The molecule has 2 fully saturated rings. The number of hydrogen-bond acceptors (Lipinski definition) is 3. The zero-order chi connectivity index (χ0) is 17.8. The minimum atomic E-state index is -0.756. The number of nitrogens with one attached hydrogen (secondary N) is 3. The van der Waals surface area contributed by atoms with Crippen LogP contribution in [0.3, 0.4) is 0 Å². The van der Waals surface area contributed by atoms with E-state index in [9.17, 15) is 14.4 Å². The first-order valence-corrected chi connectivity index (χ1v) is 8.72. The monoisotopic (exact) mass is 345 g/mol. The molecule has 25 heavy (non-hydrogen) atoms. The fourth-order valence-corrected chi connectivity index (χ4v) is 3.04. The van der Waals surface area contributed by atoms with Crippen molar-refractivity contribution in [2.45, 2.75) is 50.6 Å². The lowest BCUT2D eigenvalue weighted by Gasteiger charge is -2.26. The summed E-state index contributed by atoms with van der Waals surface area (Å²) in [5, 5.41) is 17.5. The quantitative estimate of drug-likeness (QED) is 0.657. The smallest absolute Gasteiger partial charge is 0.319 e. The van der Waals surface area contributed by atoms with Crippen LogP contribution in [0.5, 0.6) is 0 Å². The van der Waals surface area contributed by atoms with Crippen molar-refractivity contribution in [3.8, 4) is 0 Å². The van der Waals surface area contributed by atoms with Crippen LogP contribution in [0.1, 0.15) is 48.9 Å². The van der Waals surface area contributed by atoms with Gasteiger partial charge < -0.3 is 21.1 Å². The average Bonchev–Trinajstić information content (AvgIpc) is 3.40. The van der Waals surface area contributed by atoms with E-state index in [2.05, 4.69) is 16.0 Å². The first-order valence-electron chi connectivity index (χ1n) is 8.72. The fraction of sp³-hybridized carbons (Fsp3) is 0.500. The Labute approximate surface area is 146 Å². The van der Waals surface area contributed by atoms with Gasteiger partial charge in [0.05, 0.1) is 5.92 Å². The number of amides is 3. The lowest BCUT2D eigenvalue weighted by atomic mass is 9.86. The molecule has 4 N–H and O–H groups in total. The second kappa shape index (κ2) is 7.55. The van der Waals surface area contributed by atoms with E-state index in [1.54, 1.807) is 24.3 Å². The molecule has 0 bridgehead atoms. The summed E-state index contributed by atoms with van der Waals surface area (Å²) in [5.74, 6) is -1.14. The predicted octanol–water partition coefficient (Wildman–Crippen LogP) is 2.34. The largest absolute Gasteiger partial charge is 0.481 e. The van der Waals surface area contributed by atoms with Crippen molar-refractivity contribution in [2.24, 2.45) is 5.92 Å². The van der Waals surface area contributed by atoms with Crippen molar-refractivity contribution in [3.63, 3.8) is 0 Å². The second-order valence-corrected chi connectivity index (χ2v) is 6.81. The molecule has 0 atom stereocenters. The second-order valence-electron chi connectivity index (χ2n) is 6.81. The number of carboxylic acid groups (broad SMARTS) is 1. The van der Waals surface area contributed by atoms with Crippen molar-refractivity contribution >= 4 is 23.6 Å². The first-order chi connectivity index (χ1) is 12.0. The summed E-state index contributed by atoms with van der Waals surface area (Å²) in [6.45, 7) is 0. The maximum Gasteiger partial charge on any atom is 0.319 e. The molecule has 0 heterocycles. The van der Waals surface area contributed by atoms with Gasteiger partial charge >= 0.3 is 12.0 Å². The van der Waals surface area contributed by atoms with Gasteiger partial charge in [0, 0.05) is 23.3 Å². The Kier molecular flexibility index (Phi) is 5.21. The van der Waals surface area contributed by atoms with Gasteiger partial charge in [0.25, 0.3) is 5.91 Å². The first kappa shape index (κ1) is 17.3. The van der Waals surface area contributed by atoms with Crippen molar-refractivity contribution in [3.05, 3.63) is 29.8 Å². The molecule has 3 rings (SSSR count). The lowest BCUT2D eigenvalue weighted by Crippen LogP contribution is -2.40. The Morgan fingerprint density at radius 2 is 1.40 bits per heavy atom. The van der Waals surface area contributed by atoms with Gasteiger partial charge in [-0.15, -0.1) is 0 Å². The van der Waals surface area contributed by atoms with Gasteiger partial charge in [-0.05, 0) is 62.8 Å². The van der Waals surface area contributed by atoms with E-state index in [0.717, 1.165) is 12.8 Å². The van der Waals surface area contributed by atoms with Gasteiger partial charge in [-0.2, -0.15) is 0 Å². The molecule has 0 saturated heterocycles. The van der Waals surface area contributed by atoms with Crippen LogP contribution in [0.15, 0.2) is 24.3 Å². The average molecular weight is 345 g/mol. The molecule has 134 valence electrons. The van der Waals surface area contributed by atoms with Gasteiger partial charge in [0.1, 0.15) is 0 Å². The Bertz CT molecular complexity index is 647. The van der Waals surface area contributed by atoms with Crippen molar-refractivity contribution in [1.82, 2.24) is 10.6 Å². The van der Waals surface area contributed by atoms with Crippen LogP contribution in [0.2, 0.25) is 0 Å². The van der Waals surface area contributed by atoms with Gasteiger partial charge in [-0.3, -0.25) is 9.59 Å². The topological polar surface area (TPSA) is 108 Å². The number of rotatable bonds is 5. The van der Waals surface area contributed by atoms with Gasteiger partial charge in [0.15, 0.2) is 0 Å². The molecule has 2 aliphatic rings. The van der Waals surface area contributed by atoms with Crippen LogP contribution >= 0.6 is 0 Å². The summed E-state index contributed by atoms with van der Waals surface area (Å²) >= 11 is 0. The van der Waals surface area contributed by atoms with E-state index in [4.69, 9.17) is 5.11 Å². The molecule has 3 amide bonds. The number of carbonyl (C=O) groups is 3. The highest BCUT2D eigenvalue weighted by molar-refractivity contribution is 5.95. The Hall–Kier alpha value is -2.57.